The average Bonchev–Trinajstić information content (AvgIpc) is 2.47. The van der Waals surface area contributed by atoms with E-state index < -0.39 is 0 Å². The van der Waals surface area contributed by atoms with Gasteiger partial charge >= 0.3 is 0 Å². The predicted octanol–water partition coefficient (Wildman–Crippen LogP) is 3.02. The van der Waals surface area contributed by atoms with Crippen molar-refractivity contribution in [2.75, 3.05) is 19.7 Å². The number of halogens is 1. The van der Waals surface area contributed by atoms with Gasteiger partial charge in [0.2, 0.25) is 0 Å². The van der Waals surface area contributed by atoms with Crippen molar-refractivity contribution < 1.29 is 9.53 Å². The third-order valence-electron chi connectivity index (χ3n) is 3.34. The normalized spacial score (nSPS) is 14.7. The van der Waals surface area contributed by atoms with Crippen molar-refractivity contribution in [3.05, 3.63) is 28.2 Å². The van der Waals surface area contributed by atoms with E-state index in [4.69, 9.17) is 17.0 Å². The maximum absolute atomic E-state index is 11.9. The van der Waals surface area contributed by atoms with Gasteiger partial charge in [0.25, 0.3) is 5.91 Å². The Bertz CT molecular complexity index is 530. The molecular weight excluding hydrogens is 352 g/mol. The Hall–Kier alpha value is -1.14. The minimum absolute atomic E-state index is 0.0460. The smallest absolute Gasteiger partial charge is 0.264 e. The summed E-state index contributed by atoms with van der Waals surface area (Å²) >= 11 is 8.67. The summed E-state index contributed by atoms with van der Waals surface area (Å²) in [5.74, 6) is 0.428. The van der Waals surface area contributed by atoms with Gasteiger partial charge in [0.15, 0.2) is 11.7 Å². The first kappa shape index (κ1) is 16.2. The number of ether oxygens (including phenoxy) is 1. The number of benzene rings is 1. The molecule has 0 aliphatic carbocycles. The molecule has 1 amide bonds. The summed E-state index contributed by atoms with van der Waals surface area (Å²) in [5, 5.41) is 3.23. The second-order valence-electron chi connectivity index (χ2n) is 5.12. The van der Waals surface area contributed by atoms with E-state index in [-0.39, 0.29) is 12.5 Å². The van der Waals surface area contributed by atoms with E-state index in [1.165, 1.54) is 6.42 Å². The van der Waals surface area contributed by atoms with E-state index in [0.29, 0.717) is 10.9 Å². The molecule has 114 valence electrons. The van der Waals surface area contributed by atoms with Crippen LogP contribution in [-0.4, -0.2) is 35.6 Å². The van der Waals surface area contributed by atoms with Crippen LogP contribution in [0.5, 0.6) is 5.75 Å². The number of nitrogens with one attached hydrogen (secondary N) is 1. The second kappa shape index (κ2) is 7.75. The molecular formula is C15H19BrN2O2S. The fourth-order valence-corrected chi connectivity index (χ4v) is 3.10. The molecule has 21 heavy (non-hydrogen) atoms. The highest BCUT2D eigenvalue weighted by atomic mass is 79.9. The molecule has 1 N–H and O–H groups in total. The molecule has 1 aliphatic rings. The third kappa shape index (κ3) is 4.97. The number of aryl methyl sites for hydroxylation is 1. The Morgan fingerprint density at radius 1 is 1.38 bits per heavy atom. The molecule has 1 aliphatic heterocycles. The van der Waals surface area contributed by atoms with Crippen molar-refractivity contribution >= 4 is 39.2 Å². The van der Waals surface area contributed by atoms with Crippen LogP contribution in [0.3, 0.4) is 0 Å². The number of carbonyl (C=O) groups excluding carboxylic acids is 1. The van der Waals surface area contributed by atoms with Crippen LogP contribution in [0, 0.1) is 6.92 Å². The molecule has 0 atom stereocenters. The van der Waals surface area contributed by atoms with E-state index in [2.05, 4.69) is 21.2 Å². The highest BCUT2D eigenvalue weighted by Crippen LogP contribution is 2.25. The summed E-state index contributed by atoms with van der Waals surface area (Å²) in [7, 11) is 0. The van der Waals surface area contributed by atoms with Crippen LogP contribution in [0.4, 0.5) is 0 Å². The number of hydrogen-bond acceptors (Lipinski definition) is 3. The fourth-order valence-electron chi connectivity index (χ4n) is 2.20. The first-order valence-corrected chi connectivity index (χ1v) is 8.24. The largest absolute Gasteiger partial charge is 0.483 e. The van der Waals surface area contributed by atoms with Gasteiger partial charge in [0.1, 0.15) is 5.75 Å². The Morgan fingerprint density at radius 3 is 2.76 bits per heavy atom. The highest BCUT2D eigenvalue weighted by Gasteiger charge is 2.15. The number of piperidine rings is 1. The van der Waals surface area contributed by atoms with Gasteiger partial charge in [0, 0.05) is 13.1 Å². The van der Waals surface area contributed by atoms with Crippen molar-refractivity contribution in [2.45, 2.75) is 26.2 Å². The predicted molar refractivity (Wildman–Crippen MR) is 90.5 cm³/mol. The van der Waals surface area contributed by atoms with Gasteiger partial charge < -0.3 is 15.0 Å². The Labute approximate surface area is 139 Å². The van der Waals surface area contributed by atoms with E-state index in [1.54, 1.807) is 0 Å². The molecule has 0 radical (unpaired) electrons. The molecule has 1 heterocycles. The average molecular weight is 371 g/mol. The lowest BCUT2D eigenvalue weighted by atomic mass is 10.1. The number of hydrogen-bond donors (Lipinski definition) is 1. The monoisotopic (exact) mass is 370 g/mol. The van der Waals surface area contributed by atoms with Crippen LogP contribution >= 0.6 is 28.1 Å². The molecule has 0 unspecified atom stereocenters. The fraction of sp³-hybridized carbons (Fsp3) is 0.467. The molecule has 1 aromatic carbocycles. The molecule has 1 fully saturated rings. The summed E-state index contributed by atoms with van der Waals surface area (Å²) in [4.78, 5) is 13.9. The Balaban J connectivity index is 1.80. The van der Waals surface area contributed by atoms with Gasteiger partial charge in [-0.1, -0.05) is 6.07 Å². The van der Waals surface area contributed by atoms with Gasteiger partial charge in [-0.2, -0.15) is 0 Å². The number of carbonyl (C=O) groups is 1. The lowest BCUT2D eigenvalue weighted by Crippen LogP contribution is -2.46. The summed E-state index contributed by atoms with van der Waals surface area (Å²) in [6.45, 7) is 3.79. The lowest BCUT2D eigenvalue weighted by molar-refractivity contribution is -0.121. The molecule has 1 saturated heterocycles. The topological polar surface area (TPSA) is 41.6 Å². The van der Waals surface area contributed by atoms with Gasteiger partial charge in [-0.15, -0.1) is 0 Å². The highest BCUT2D eigenvalue weighted by molar-refractivity contribution is 9.10. The van der Waals surface area contributed by atoms with Crippen LogP contribution in [-0.2, 0) is 4.79 Å². The second-order valence-corrected chi connectivity index (χ2v) is 6.36. The number of amides is 1. The summed E-state index contributed by atoms with van der Waals surface area (Å²) in [5.41, 5.74) is 1.13. The SMILES string of the molecule is Cc1ccc(OCC(=O)NC(=S)N2CCCCC2)c(Br)c1. The zero-order valence-corrected chi connectivity index (χ0v) is 14.4. The van der Waals surface area contributed by atoms with Crippen molar-refractivity contribution in [1.29, 1.82) is 0 Å². The summed E-state index contributed by atoms with van der Waals surface area (Å²) < 4.78 is 6.35. The van der Waals surface area contributed by atoms with Crippen molar-refractivity contribution in [2.24, 2.45) is 0 Å². The van der Waals surface area contributed by atoms with Gasteiger partial charge in [0.05, 0.1) is 4.47 Å². The van der Waals surface area contributed by atoms with Crippen LogP contribution in [0.1, 0.15) is 24.8 Å². The minimum Gasteiger partial charge on any atom is -0.483 e. The molecule has 0 aromatic heterocycles. The van der Waals surface area contributed by atoms with Crippen LogP contribution in [0.2, 0.25) is 0 Å². The Morgan fingerprint density at radius 2 is 2.10 bits per heavy atom. The summed E-state index contributed by atoms with van der Waals surface area (Å²) in [6.07, 6.45) is 3.49. The molecule has 0 bridgehead atoms. The molecule has 1 aromatic rings. The zero-order chi connectivity index (χ0) is 15.2. The first-order valence-electron chi connectivity index (χ1n) is 7.04. The van der Waals surface area contributed by atoms with Crippen LogP contribution in [0.15, 0.2) is 22.7 Å². The molecule has 4 nitrogen and oxygen atoms in total. The van der Waals surface area contributed by atoms with Crippen LogP contribution in [0.25, 0.3) is 0 Å². The lowest BCUT2D eigenvalue weighted by Gasteiger charge is -2.28. The first-order chi connectivity index (χ1) is 10.1. The van der Waals surface area contributed by atoms with E-state index in [0.717, 1.165) is 36.0 Å². The summed E-state index contributed by atoms with van der Waals surface area (Å²) in [6, 6.07) is 5.73. The maximum atomic E-state index is 11.9. The molecule has 0 spiro atoms. The van der Waals surface area contributed by atoms with E-state index in [9.17, 15) is 4.79 Å². The van der Waals surface area contributed by atoms with Gasteiger partial charge in [-0.05, 0) is 72.0 Å². The van der Waals surface area contributed by atoms with Crippen molar-refractivity contribution in [1.82, 2.24) is 10.2 Å². The molecule has 2 rings (SSSR count). The number of rotatable bonds is 3. The number of thiocarbonyl (C=S) groups is 1. The zero-order valence-electron chi connectivity index (χ0n) is 12.0. The van der Waals surface area contributed by atoms with Crippen molar-refractivity contribution in [3.8, 4) is 5.75 Å². The van der Waals surface area contributed by atoms with E-state index in [1.807, 2.05) is 30.0 Å². The van der Waals surface area contributed by atoms with E-state index >= 15 is 0 Å². The minimum atomic E-state index is -0.224. The molecule has 0 saturated carbocycles. The quantitative estimate of drug-likeness (QED) is 0.830. The third-order valence-corrected chi connectivity index (χ3v) is 4.32. The van der Waals surface area contributed by atoms with Gasteiger partial charge in [-0.3, -0.25) is 4.79 Å². The Kier molecular flexibility index (Phi) is 5.99. The number of likely N-dealkylation sites (tertiary alicyclic amines) is 1. The molecule has 6 heteroatoms. The standard InChI is InChI=1S/C15H19BrN2O2S/c1-11-5-6-13(12(16)9-11)20-10-14(19)17-15(21)18-7-3-2-4-8-18/h5-6,9H,2-4,7-8,10H2,1H3,(H,17,19,21). The van der Waals surface area contributed by atoms with Crippen molar-refractivity contribution in [3.63, 3.8) is 0 Å². The maximum Gasteiger partial charge on any atom is 0.264 e. The number of nitrogens with zero attached hydrogens (tertiary/aromatic N) is 1. The van der Waals surface area contributed by atoms with Gasteiger partial charge in [-0.25, -0.2) is 0 Å². The van der Waals surface area contributed by atoms with Crippen LogP contribution < -0.4 is 10.1 Å².